The lowest BCUT2D eigenvalue weighted by Gasteiger charge is -2.49. The van der Waals surface area contributed by atoms with E-state index in [1.165, 1.54) is 38.6 Å². The van der Waals surface area contributed by atoms with Gasteiger partial charge in [-0.05, 0) is 76.3 Å². The molecule has 3 aromatic carbocycles. The summed E-state index contributed by atoms with van der Waals surface area (Å²) >= 11 is 0. The Morgan fingerprint density at radius 2 is 1.50 bits per heavy atom. The molecule has 0 atom stereocenters. The van der Waals surface area contributed by atoms with Crippen LogP contribution in [0.4, 0.5) is 0 Å². The van der Waals surface area contributed by atoms with Gasteiger partial charge in [-0.15, -0.1) is 0 Å². The van der Waals surface area contributed by atoms with E-state index in [2.05, 4.69) is 83.1 Å². The van der Waals surface area contributed by atoms with E-state index in [1.807, 2.05) is 24.6 Å². The van der Waals surface area contributed by atoms with E-state index in [9.17, 15) is 0 Å². The molecule has 1 heteroatoms. The first-order valence-electron chi connectivity index (χ1n) is 12.9. The normalized spacial score (nSPS) is 17.8. The summed E-state index contributed by atoms with van der Waals surface area (Å²) in [7, 11) is 1.94. The summed E-state index contributed by atoms with van der Waals surface area (Å²) in [6, 6.07) is 19.9. The summed E-state index contributed by atoms with van der Waals surface area (Å²) in [4.78, 5) is 0. The molecule has 0 unspecified atom stereocenters. The lowest BCUT2D eigenvalue weighted by molar-refractivity contribution is -0.660. The Kier molecular flexibility index (Phi) is 3.73. The molecule has 1 aliphatic carbocycles. The highest BCUT2D eigenvalue weighted by molar-refractivity contribution is 5.96. The van der Waals surface area contributed by atoms with Crippen LogP contribution in [0.15, 0.2) is 60.8 Å². The highest BCUT2D eigenvalue weighted by Gasteiger charge is 2.47. The third kappa shape index (κ3) is 2.73. The molecular weight excluding hydrogens is 386 g/mol. The van der Waals surface area contributed by atoms with Crippen molar-refractivity contribution in [1.29, 1.82) is 0 Å². The van der Waals surface area contributed by atoms with Gasteiger partial charge in [0.25, 0.3) is 0 Å². The van der Waals surface area contributed by atoms with Crippen LogP contribution in [0.5, 0.6) is 0 Å². The van der Waals surface area contributed by atoms with E-state index in [0.717, 1.165) is 16.8 Å². The smallest absolute Gasteiger partial charge is 0.201 e. The van der Waals surface area contributed by atoms with Crippen molar-refractivity contribution in [3.63, 3.8) is 0 Å². The molecule has 162 valence electrons. The molecule has 32 heavy (non-hydrogen) atoms. The zero-order valence-electron chi connectivity index (χ0n) is 23.2. The second-order valence-corrected chi connectivity index (χ2v) is 10.5. The largest absolute Gasteiger partial charge is 0.212 e. The Hall–Kier alpha value is -2.93. The van der Waals surface area contributed by atoms with Gasteiger partial charge in [-0.3, -0.25) is 0 Å². The summed E-state index contributed by atoms with van der Waals surface area (Å²) in [5.74, 6) is 0. The van der Waals surface area contributed by atoms with Crippen molar-refractivity contribution in [1.82, 2.24) is 0 Å². The summed E-state index contributed by atoms with van der Waals surface area (Å²) in [5.41, 5.74) is 9.76. The Morgan fingerprint density at radius 1 is 0.750 bits per heavy atom. The number of rotatable bonds is 1. The van der Waals surface area contributed by atoms with Gasteiger partial charge < -0.3 is 0 Å². The number of aryl methyl sites for hydroxylation is 4. The first-order chi connectivity index (χ1) is 16.2. The zero-order chi connectivity index (χ0) is 25.5. The molecule has 4 aromatic rings. The van der Waals surface area contributed by atoms with Gasteiger partial charge in [0.15, 0.2) is 6.20 Å². The van der Waals surface area contributed by atoms with Crippen molar-refractivity contribution < 1.29 is 8.68 Å². The predicted octanol–water partition coefficient (Wildman–Crippen LogP) is 7.49. The van der Waals surface area contributed by atoms with Gasteiger partial charge in [0, 0.05) is 26.7 Å². The van der Waals surface area contributed by atoms with Crippen molar-refractivity contribution in [3.8, 4) is 22.4 Å². The predicted molar refractivity (Wildman–Crippen MR) is 136 cm³/mol. The summed E-state index contributed by atoms with van der Waals surface area (Å²) < 4.78 is 25.7. The Morgan fingerprint density at radius 3 is 2.25 bits per heavy atom. The van der Waals surface area contributed by atoms with Gasteiger partial charge in [0.1, 0.15) is 7.05 Å². The van der Waals surface area contributed by atoms with E-state index in [-0.39, 0.29) is 10.8 Å². The molecule has 1 nitrogen and oxygen atoms in total. The third-order valence-corrected chi connectivity index (χ3v) is 8.20. The van der Waals surface area contributed by atoms with Crippen LogP contribution >= 0.6 is 0 Å². The molecule has 1 heterocycles. The fourth-order valence-electron chi connectivity index (χ4n) is 5.56. The number of hydrogen-bond donors (Lipinski definition) is 0. The average Bonchev–Trinajstić information content (AvgIpc) is 2.78. The monoisotopic (exact) mass is 423 g/mol. The van der Waals surface area contributed by atoms with Crippen LogP contribution in [0, 0.1) is 20.7 Å². The van der Waals surface area contributed by atoms with Crippen LogP contribution in [0.3, 0.4) is 0 Å². The molecular formula is C31H34N+. The van der Waals surface area contributed by atoms with Crippen molar-refractivity contribution in [2.75, 3.05) is 0 Å². The summed E-state index contributed by atoms with van der Waals surface area (Å²) in [5, 5.41) is 2.59. The highest BCUT2D eigenvalue weighted by atomic mass is 14.9. The minimum atomic E-state index is -2.12. The molecule has 0 aliphatic heterocycles. The lowest BCUT2D eigenvalue weighted by Crippen LogP contribution is -2.43. The number of hydrogen-bond acceptors (Lipinski definition) is 0. The first kappa shape index (κ1) is 17.6. The van der Waals surface area contributed by atoms with E-state index >= 15 is 0 Å². The fourth-order valence-corrected chi connectivity index (χ4v) is 5.56. The van der Waals surface area contributed by atoms with Gasteiger partial charge in [-0.2, -0.15) is 0 Å². The summed E-state index contributed by atoms with van der Waals surface area (Å²) in [6.07, 6.45) is 1.77. The van der Waals surface area contributed by atoms with E-state index in [4.69, 9.17) is 4.11 Å². The molecule has 0 saturated carbocycles. The van der Waals surface area contributed by atoms with Gasteiger partial charge in [-0.1, -0.05) is 70.2 Å². The second-order valence-electron chi connectivity index (χ2n) is 10.5. The van der Waals surface area contributed by atoms with Crippen LogP contribution in [0.2, 0.25) is 0 Å². The number of benzene rings is 3. The Labute approximate surface area is 197 Å². The first-order valence-corrected chi connectivity index (χ1v) is 11.4. The van der Waals surface area contributed by atoms with Crippen LogP contribution in [-0.2, 0) is 17.9 Å². The third-order valence-electron chi connectivity index (χ3n) is 8.20. The van der Waals surface area contributed by atoms with E-state index < -0.39 is 6.85 Å². The molecule has 0 saturated heterocycles. The van der Waals surface area contributed by atoms with Crippen molar-refractivity contribution in [3.05, 3.63) is 88.6 Å². The van der Waals surface area contributed by atoms with Gasteiger partial charge >= 0.3 is 0 Å². The zero-order valence-corrected chi connectivity index (χ0v) is 20.2. The van der Waals surface area contributed by atoms with Crippen LogP contribution in [0.25, 0.3) is 33.2 Å². The molecule has 0 amide bonds. The molecule has 5 rings (SSSR count). The summed E-state index contributed by atoms with van der Waals surface area (Å²) in [6.45, 7) is 11.4. The maximum atomic E-state index is 7.90. The fraction of sp³-hybridized carbons (Fsp3) is 0.323. The number of fused-ring (bicyclic) bond motifs is 5. The molecule has 1 aromatic heterocycles. The van der Waals surface area contributed by atoms with E-state index in [0.29, 0.717) is 5.56 Å². The topological polar surface area (TPSA) is 3.88 Å². The molecule has 0 radical (unpaired) electrons. The minimum Gasteiger partial charge on any atom is -0.201 e. The number of pyridine rings is 1. The number of nitrogens with zero attached hydrogens (tertiary/aromatic N) is 1. The maximum Gasteiger partial charge on any atom is 0.212 e. The highest BCUT2D eigenvalue weighted by Crippen LogP contribution is 2.56. The number of aromatic nitrogens is 1. The quantitative estimate of drug-likeness (QED) is 0.279. The molecule has 0 N–H and O–H groups in total. The SMILES string of the molecule is [2H]C([2H])([2H])c1c[n+](C)c(-c2cc3c(cc2C)C(C)(C)C(C)(C)c2c-3ccc3ccccc23)cc1C. The minimum absolute atomic E-state index is 0.0627. The second kappa shape index (κ2) is 6.78. The standard InChI is InChI=1S/C31H34N/c1-19-16-28(32(8)18-21(19)3)25-17-26-24-14-13-22-11-9-10-12-23(22)29(24)31(6,7)30(4,5)27(26)15-20(25)2/h9-18H,1-8H3/q+1/i3D3. The van der Waals surface area contributed by atoms with Gasteiger partial charge in [0.05, 0.1) is 0 Å². The maximum absolute atomic E-state index is 7.90. The Bertz CT molecular complexity index is 1510. The van der Waals surface area contributed by atoms with Crippen molar-refractivity contribution >= 4 is 10.8 Å². The van der Waals surface area contributed by atoms with E-state index in [1.54, 1.807) is 6.20 Å². The Balaban J connectivity index is 1.83. The van der Waals surface area contributed by atoms with Crippen molar-refractivity contribution in [2.45, 2.75) is 59.2 Å². The molecule has 0 fully saturated rings. The lowest BCUT2D eigenvalue weighted by atomic mass is 9.54. The van der Waals surface area contributed by atoms with Crippen LogP contribution < -0.4 is 4.57 Å². The molecule has 0 bridgehead atoms. The molecule has 1 aliphatic rings. The van der Waals surface area contributed by atoms with Crippen molar-refractivity contribution in [2.24, 2.45) is 7.05 Å². The molecule has 0 spiro atoms. The van der Waals surface area contributed by atoms with Gasteiger partial charge in [-0.25, -0.2) is 4.57 Å². The van der Waals surface area contributed by atoms with Gasteiger partial charge in [0.2, 0.25) is 5.69 Å². The van der Waals surface area contributed by atoms with Crippen LogP contribution in [0.1, 0.15) is 59.6 Å². The average molecular weight is 424 g/mol. The van der Waals surface area contributed by atoms with Crippen LogP contribution in [-0.4, -0.2) is 0 Å².